The number of rotatable bonds is 7. The van der Waals surface area contributed by atoms with Gasteiger partial charge in [-0.05, 0) is 89.4 Å². The predicted molar refractivity (Wildman–Crippen MR) is 119 cm³/mol. The molecule has 3 aliphatic rings. The summed E-state index contributed by atoms with van der Waals surface area (Å²) in [5.41, 5.74) is 0.914. The van der Waals surface area contributed by atoms with E-state index in [0.29, 0.717) is 24.2 Å². The topological polar surface area (TPSA) is 55.4 Å². The third kappa shape index (κ3) is 5.54. The van der Waals surface area contributed by atoms with Crippen molar-refractivity contribution in [3.63, 3.8) is 0 Å². The summed E-state index contributed by atoms with van der Waals surface area (Å²) in [5.74, 6) is -0.344. The first-order chi connectivity index (χ1) is 15.2. The molecule has 8 heteroatoms. The van der Waals surface area contributed by atoms with Crippen LogP contribution >= 0.6 is 0 Å². The summed E-state index contributed by atoms with van der Waals surface area (Å²) in [7, 11) is -0.669. The fraction of sp³-hybridized carbons (Fsp3) is 0.750. The monoisotopic (exact) mass is 450 g/mol. The molecule has 3 aliphatic heterocycles. The zero-order valence-corrected chi connectivity index (χ0v) is 19.8. The van der Waals surface area contributed by atoms with Crippen molar-refractivity contribution in [1.82, 2.24) is 0 Å². The average molecular weight is 450 g/mol. The maximum absolute atomic E-state index is 15.1. The Balaban J connectivity index is 1.54. The summed E-state index contributed by atoms with van der Waals surface area (Å²) < 4.78 is 50.7. The maximum atomic E-state index is 15.1. The second-order valence-corrected chi connectivity index (χ2v) is 9.94. The molecule has 3 heterocycles. The zero-order valence-electron chi connectivity index (χ0n) is 19.8. The summed E-state index contributed by atoms with van der Waals surface area (Å²) >= 11 is 0. The Hall–Kier alpha value is -1.03. The van der Waals surface area contributed by atoms with Crippen molar-refractivity contribution in [2.24, 2.45) is 0 Å². The predicted octanol–water partition coefficient (Wildman–Crippen LogP) is 4.21. The molecule has 6 nitrogen and oxygen atoms in total. The highest BCUT2D eigenvalue weighted by Gasteiger charge is 2.52. The molecule has 0 N–H and O–H groups in total. The Labute approximate surface area is 191 Å². The van der Waals surface area contributed by atoms with Crippen molar-refractivity contribution in [2.45, 2.75) is 103 Å². The molecule has 0 bridgehead atoms. The van der Waals surface area contributed by atoms with Crippen LogP contribution in [0.5, 0.6) is 0 Å². The second-order valence-electron chi connectivity index (χ2n) is 9.94. The fourth-order valence-corrected chi connectivity index (χ4v) is 4.16. The van der Waals surface area contributed by atoms with Crippen LogP contribution in [-0.4, -0.2) is 44.1 Å². The Morgan fingerprint density at radius 2 is 1.38 bits per heavy atom. The summed E-state index contributed by atoms with van der Waals surface area (Å²) in [6.07, 6.45) is 5.43. The molecule has 0 saturated carbocycles. The first-order valence-electron chi connectivity index (χ1n) is 11.9. The minimum absolute atomic E-state index is 0.146. The molecule has 3 fully saturated rings. The van der Waals surface area contributed by atoms with Crippen LogP contribution in [0, 0.1) is 5.82 Å². The van der Waals surface area contributed by atoms with Gasteiger partial charge < -0.3 is 28.3 Å². The van der Waals surface area contributed by atoms with E-state index in [4.69, 9.17) is 28.3 Å². The van der Waals surface area contributed by atoms with Crippen LogP contribution in [0.4, 0.5) is 4.39 Å². The molecule has 3 saturated heterocycles. The van der Waals surface area contributed by atoms with E-state index in [2.05, 4.69) is 0 Å². The lowest BCUT2D eigenvalue weighted by molar-refractivity contribution is -0.169. The van der Waals surface area contributed by atoms with E-state index in [1.54, 1.807) is 6.07 Å². The van der Waals surface area contributed by atoms with Crippen LogP contribution in [-0.2, 0) is 41.5 Å². The number of ether oxygens (including phenoxy) is 4. The van der Waals surface area contributed by atoms with Gasteiger partial charge in [-0.25, -0.2) is 4.39 Å². The van der Waals surface area contributed by atoms with Gasteiger partial charge in [0.2, 0.25) is 0 Å². The van der Waals surface area contributed by atoms with Gasteiger partial charge in [-0.2, -0.15) is 0 Å². The van der Waals surface area contributed by atoms with Gasteiger partial charge in [0.05, 0.1) is 24.4 Å². The summed E-state index contributed by atoms with van der Waals surface area (Å²) in [5, 5.41) is 0. The van der Waals surface area contributed by atoms with Crippen molar-refractivity contribution >= 4 is 12.6 Å². The van der Waals surface area contributed by atoms with E-state index in [1.165, 1.54) is 6.07 Å². The van der Waals surface area contributed by atoms with E-state index >= 15 is 4.39 Å². The van der Waals surface area contributed by atoms with Gasteiger partial charge in [0, 0.05) is 18.8 Å². The molecule has 2 atom stereocenters. The normalized spacial score (nSPS) is 27.6. The second kappa shape index (κ2) is 10.1. The number of benzene rings is 1. The van der Waals surface area contributed by atoms with Crippen molar-refractivity contribution in [1.29, 1.82) is 0 Å². The van der Waals surface area contributed by atoms with Crippen molar-refractivity contribution in [3.8, 4) is 0 Å². The molecule has 1 aromatic rings. The van der Waals surface area contributed by atoms with E-state index < -0.39 is 18.3 Å². The quantitative estimate of drug-likeness (QED) is 0.581. The highest BCUT2D eigenvalue weighted by atomic mass is 19.1. The van der Waals surface area contributed by atoms with Gasteiger partial charge in [0.25, 0.3) is 0 Å². The number of hydrogen-bond donors (Lipinski definition) is 0. The highest BCUT2D eigenvalue weighted by molar-refractivity contribution is 6.62. The first kappa shape index (κ1) is 24.1. The van der Waals surface area contributed by atoms with Crippen molar-refractivity contribution < 1.29 is 32.6 Å². The molecule has 1 aromatic carbocycles. The molecule has 0 radical (unpaired) electrons. The molecule has 2 unspecified atom stereocenters. The third-order valence-corrected chi connectivity index (χ3v) is 6.94. The highest BCUT2D eigenvalue weighted by Crippen LogP contribution is 2.37. The largest absolute Gasteiger partial charge is 0.495 e. The van der Waals surface area contributed by atoms with Gasteiger partial charge >= 0.3 is 7.12 Å². The zero-order chi connectivity index (χ0) is 22.8. The SMILES string of the molecule is CC1(C)OB(c2cc(F)c(COC3CCCCO3)cc2COC2CCCCO2)OC1(C)C. The Bertz CT molecular complexity index is 758. The molecule has 0 aromatic heterocycles. The standard InChI is InChI=1S/C24H36BFO6/c1-23(2)24(3,4)32-25(31-23)19-14-20(26)18(16-30-22-10-6-8-12-28-22)13-17(19)15-29-21-9-5-7-11-27-21/h13-14,21-22H,5-12,15-16H2,1-4H3. The van der Waals surface area contributed by atoms with Crippen LogP contribution in [0.2, 0.25) is 0 Å². The minimum atomic E-state index is -0.669. The third-order valence-electron chi connectivity index (χ3n) is 6.94. The van der Waals surface area contributed by atoms with E-state index in [1.807, 2.05) is 27.7 Å². The number of hydrogen-bond acceptors (Lipinski definition) is 6. The minimum Gasteiger partial charge on any atom is -0.399 e. The molecular weight excluding hydrogens is 414 g/mol. The van der Waals surface area contributed by atoms with Gasteiger partial charge in [-0.1, -0.05) is 0 Å². The lowest BCUT2D eigenvalue weighted by atomic mass is 9.75. The molecular formula is C24H36BFO6. The lowest BCUT2D eigenvalue weighted by Gasteiger charge is -2.32. The lowest BCUT2D eigenvalue weighted by Crippen LogP contribution is -2.41. The van der Waals surface area contributed by atoms with Gasteiger partial charge in [0.1, 0.15) is 5.82 Å². The average Bonchev–Trinajstić information content (AvgIpc) is 3.00. The fourth-order valence-electron chi connectivity index (χ4n) is 4.16. The molecule has 0 aliphatic carbocycles. The molecule has 32 heavy (non-hydrogen) atoms. The molecule has 0 amide bonds. The van der Waals surface area contributed by atoms with Gasteiger partial charge in [0.15, 0.2) is 12.6 Å². The Kier molecular flexibility index (Phi) is 7.59. The van der Waals surface area contributed by atoms with Crippen molar-refractivity contribution in [3.05, 3.63) is 29.1 Å². The van der Waals surface area contributed by atoms with E-state index in [0.717, 1.165) is 44.1 Å². The van der Waals surface area contributed by atoms with Crippen LogP contribution in [0.25, 0.3) is 0 Å². The Morgan fingerprint density at radius 1 is 0.844 bits per heavy atom. The van der Waals surface area contributed by atoms with E-state index in [-0.39, 0.29) is 31.6 Å². The molecule has 0 spiro atoms. The maximum Gasteiger partial charge on any atom is 0.495 e. The summed E-state index contributed by atoms with van der Waals surface area (Å²) in [6.45, 7) is 9.78. The molecule has 178 valence electrons. The smallest absolute Gasteiger partial charge is 0.399 e. The van der Waals surface area contributed by atoms with Crippen molar-refractivity contribution in [2.75, 3.05) is 13.2 Å². The summed E-state index contributed by atoms with van der Waals surface area (Å²) in [4.78, 5) is 0. The first-order valence-corrected chi connectivity index (χ1v) is 11.9. The number of halogens is 1. The van der Waals surface area contributed by atoms with Crippen LogP contribution in [0.1, 0.15) is 77.3 Å². The van der Waals surface area contributed by atoms with E-state index in [9.17, 15) is 0 Å². The van der Waals surface area contributed by atoms with Gasteiger partial charge in [-0.3, -0.25) is 0 Å². The van der Waals surface area contributed by atoms with Crippen LogP contribution < -0.4 is 5.46 Å². The Morgan fingerprint density at radius 3 is 1.88 bits per heavy atom. The summed E-state index contributed by atoms with van der Waals surface area (Å²) in [6, 6.07) is 3.31. The van der Waals surface area contributed by atoms with Crippen LogP contribution in [0.3, 0.4) is 0 Å². The van der Waals surface area contributed by atoms with Crippen LogP contribution in [0.15, 0.2) is 12.1 Å². The van der Waals surface area contributed by atoms with Gasteiger partial charge in [-0.15, -0.1) is 0 Å². The molecule has 4 rings (SSSR count).